The second kappa shape index (κ2) is 11.3. The minimum Gasteiger partial charge on any atom is -0.494 e. The summed E-state index contributed by atoms with van der Waals surface area (Å²) in [5, 5.41) is 0. The van der Waals surface area contributed by atoms with E-state index in [1.54, 1.807) is 28.6 Å². The second-order valence-electron chi connectivity index (χ2n) is 6.77. The lowest BCUT2D eigenvalue weighted by Crippen LogP contribution is -2.46. The molecule has 0 N–H and O–H groups in total. The molecule has 0 spiro atoms. The normalized spacial score (nSPS) is 17.2. The average Bonchev–Trinajstić information content (AvgIpc) is 2.69. The number of sulfonamides is 1. The van der Waals surface area contributed by atoms with Crippen LogP contribution in [0.1, 0.15) is 26.7 Å². The van der Waals surface area contributed by atoms with Gasteiger partial charge in [-0.05, 0) is 37.6 Å². The van der Waals surface area contributed by atoms with E-state index in [0.29, 0.717) is 49.3 Å². The maximum atomic E-state index is 13.2. The predicted octanol–water partition coefficient (Wildman–Crippen LogP) is 2.51. The molecule has 2 rings (SSSR count). The molecule has 1 aliphatic heterocycles. The molecule has 1 aromatic carbocycles. The molecule has 1 aliphatic rings. The molecule has 1 saturated heterocycles. The zero-order valence-corrected chi connectivity index (χ0v) is 18.1. The molecule has 1 atom stereocenters. The monoisotopic (exact) mass is 416 g/mol. The van der Waals surface area contributed by atoms with Gasteiger partial charge in [-0.3, -0.25) is 4.90 Å². The van der Waals surface area contributed by atoms with E-state index in [1.807, 2.05) is 6.92 Å². The van der Waals surface area contributed by atoms with Crippen molar-refractivity contribution in [2.45, 2.75) is 37.6 Å². The number of benzene rings is 1. The van der Waals surface area contributed by atoms with Crippen LogP contribution in [0.3, 0.4) is 0 Å². The van der Waals surface area contributed by atoms with Gasteiger partial charge in [0.1, 0.15) is 5.75 Å². The molecular weight excluding hydrogens is 384 g/mol. The van der Waals surface area contributed by atoms with Crippen LogP contribution >= 0.6 is 12.6 Å². The smallest absolute Gasteiger partial charge is 0.243 e. The largest absolute Gasteiger partial charge is 0.494 e. The number of rotatable bonds is 11. The molecular formula is C19H32N2O4S2. The number of hydrogen-bond donors (Lipinski definition) is 1. The van der Waals surface area contributed by atoms with E-state index in [2.05, 4.69) is 24.5 Å². The van der Waals surface area contributed by atoms with E-state index in [-0.39, 0.29) is 6.04 Å². The minimum atomic E-state index is -3.58. The fraction of sp³-hybridized carbons (Fsp3) is 0.684. The van der Waals surface area contributed by atoms with Crippen LogP contribution in [0.5, 0.6) is 5.75 Å². The van der Waals surface area contributed by atoms with Gasteiger partial charge in [0.15, 0.2) is 0 Å². The molecule has 154 valence electrons. The van der Waals surface area contributed by atoms with Crippen molar-refractivity contribution in [2.75, 3.05) is 51.8 Å². The molecule has 0 aromatic heterocycles. The van der Waals surface area contributed by atoms with Crippen molar-refractivity contribution in [1.82, 2.24) is 9.21 Å². The summed E-state index contributed by atoms with van der Waals surface area (Å²) >= 11 is 4.32. The fourth-order valence-electron chi connectivity index (χ4n) is 2.91. The summed E-state index contributed by atoms with van der Waals surface area (Å²) in [6, 6.07) is 6.54. The summed E-state index contributed by atoms with van der Waals surface area (Å²) in [5.74, 6) is 1.17. The van der Waals surface area contributed by atoms with Crippen molar-refractivity contribution in [3.63, 3.8) is 0 Å². The lowest BCUT2D eigenvalue weighted by Gasteiger charge is -2.32. The van der Waals surface area contributed by atoms with Crippen molar-refractivity contribution in [1.29, 1.82) is 0 Å². The van der Waals surface area contributed by atoms with Gasteiger partial charge in [-0.1, -0.05) is 13.3 Å². The molecule has 8 heteroatoms. The van der Waals surface area contributed by atoms with Crippen LogP contribution in [0, 0.1) is 0 Å². The molecule has 1 fully saturated rings. The summed E-state index contributed by atoms with van der Waals surface area (Å²) in [6.07, 6.45) is 2.04. The standard InChI is InChI=1S/C19H32N2O4S2/c1-3-4-13-25-18-5-7-19(8-6-18)27(22,23)21(17(2)16-26)10-9-20-11-14-24-15-12-20/h5-8,17,26H,3-4,9-16H2,1-2H3. The Morgan fingerprint density at radius 3 is 2.52 bits per heavy atom. The number of thiol groups is 1. The van der Waals surface area contributed by atoms with E-state index >= 15 is 0 Å². The Morgan fingerprint density at radius 2 is 1.93 bits per heavy atom. The quantitative estimate of drug-likeness (QED) is 0.444. The molecule has 1 unspecified atom stereocenters. The van der Waals surface area contributed by atoms with Crippen molar-refractivity contribution in [2.24, 2.45) is 0 Å². The fourth-order valence-corrected chi connectivity index (χ4v) is 4.84. The molecule has 0 bridgehead atoms. The van der Waals surface area contributed by atoms with Gasteiger partial charge in [-0.15, -0.1) is 0 Å². The first-order valence-electron chi connectivity index (χ1n) is 9.64. The highest BCUT2D eigenvalue weighted by Gasteiger charge is 2.29. The highest BCUT2D eigenvalue weighted by Crippen LogP contribution is 2.22. The molecule has 1 heterocycles. The van der Waals surface area contributed by atoms with Crippen LogP contribution in [-0.4, -0.2) is 75.4 Å². The van der Waals surface area contributed by atoms with E-state index in [9.17, 15) is 8.42 Å². The van der Waals surface area contributed by atoms with Crippen molar-refractivity contribution in [3.05, 3.63) is 24.3 Å². The number of ether oxygens (including phenoxy) is 2. The SMILES string of the molecule is CCCCOc1ccc(S(=O)(=O)N(CCN2CCOCC2)C(C)CS)cc1. The predicted molar refractivity (Wildman–Crippen MR) is 111 cm³/mol. The Morgan fingerprint density at radius 1 is 1.26 bits per heavy atom. The summed E-state index contributed by atoms with van der Waals surface area (Å²) < 4.78 is 38.9. The van der Waals surface area contributed by atoms with Gasteiger partial charge < -0.3 is 9.47 Å². The molecule has 0 aliphatic carbocycles. The highest BCUT2D eigenvalue weighted by molar-refractivity contribution is 7.89. The van der Waals surface area contributed by atoms with E-state index in [4.69, 9.17) is 9.47 Å². The van der Waals surface area contributed by atoms with Crippen molar-refractivity contribution < 1.29 is 17.9 Å². The maximum Gasteiger partial charge on any atom is 0.243 e. The summed E-state index contributed by atoms with van der Waals surface area (Å²) in [7, 11) is -3.58. The van der Waals surface area contributed by atoms with Crippen LogP contribution < -0.4 is 4.74 Å². The first-order valence-corrected chi connectivity index (χ1v) is 11.7. The first kappa shape index (κ1) is 22.5. The Bertz CT molecular complexity index is 646. The summed E-state index contributed by atoms with van der Waals surface area (Å²) in [6.45, 7) is 8.87. The summed E-state index contributed by atoms with van der Waals surface area (Å²) in [4.78, 5) is 2.53. The van der Waals surface area contributed by atoms with Crippen LogP contribution in [0.25, 0.3) is 0 Å². The minimum absolute atomic E-state index is 0.181. The second-order valence-corrected chi connectivity index (χ2v) is 9.03. The van der Waals surface area contributed by atoms with Gasteiger partial charge in [0, 0.05) is 38.0 Å². The van der Waals surface area contributed by atoms with E-state index < -0.39 is 10.0 Å². The Balaban J connectivity index is 2.07. The third kappa shape index (κ3) is 6.64. The van der Waals surface area contributed by atoms with E-state index in [1.165, 1.54) is 0 Å². The summed E-state index contributed by atoms with van der Waals surface area (Å²) in [5.41, 5.74) is 0. The van der Waals surface area contributed by atoms with Gasteiger partial charge in [-0.25, -0.2) is 8.42 Å². The first-order chi connectivity index (χ1) is 13.0. The van der Waals surface area contributed by atoms with Gasteiger partial charge in [-0.2, -0.15) is 16.9 Å². The number of nitrogens with zero attached hydrogens (tertiary/aromatic N) is 2. The van der Waals surface area contributed by atoms with E-state index in [0.717, 1.165) is 25.9 Å². The van der Waals surface area contributed by atoms with Crippen LogP contribution in [-0.2, 0) is 14.8 Å². The topological polar surface area (TPSA) is 59.1 Å². The van der Waals surface area contributed by atoms with Crippen LogP contribution in [0.2, 0.25) is 0 Å². The molecule has 0 amide bonds. The lowest BCUT2D eigenvalue weighted by atomic mass is 10.3. The zero-order chi connectivity index (χ0) is 19.7. The average molecular weight is 417 g/mol. The molecule has 0 radical (unpaired) electrons. The molecule has 0 saturated carbocycles. The van der Waals surface area contributed by atoms with Crippen LogP contribution in [0.4, 0.5) is 0 Å². The molecule has 27 heavy (non-hydrogen) atoms. The van der Waals surface area contributed by atoms with Gasteiger partial charge in [0.25, 0.3) is 0 Å². The number of hydrogen-bond acceptors (Lipinski definition) is 6. The zero-order valence-electron chi connectivity index (χ0n) is 16.3. The number of unbranched alkanes of at least 4 members (excludes halogenated alkanes) is 1. The van der Waals surface area contributed by atoms with Crippen LogP contribution in [0.15, 0.2) is 29.2 Å². The Labute approximate surface area is 169 Å². The third-order valence-corrected chi connectivity index (χ3v) is 7.25. The van der Waals surface area contributed by atoms with Gasteiger partial charge in [0.05, 0.1) is 24.7 Å². The maximum absolute atomic E-state index is 13.2. The molecule has 6 nitrogen and oxygen atoms in total. The number of morpholine rings is 1. The van der Waals surface area contributed by atoms with Gasteiger partial charge >= 0.3 is 0 Å². The molecule has 1 aromatic rings. The van der Waals surface area contributed by atoms with Gasteiger partial charge in [0.2, 0.25) is 10.0 Å². The Kier molecular flexibility index (Phi) is 9.38. The lowest BCUT2D eigenvalue weighted by molar-refractivity contribution is 0.0357. The Hall–Kier alpha value is -0.800. The third-order valence-electron chi connectivity index (χ3n) is 4.69. The highest BCUT2D eigenvalue weighted by atomic mass is 32.2. The van der Waals surface area contributed by atoms with Crippen molar-refractivity contribution in [3.8, 4) is 5.75 Å². The van der Waals surface area contributed by atoms with Crippen molar-refractivity contribution >= 4 is 22.7 Å².